The lowest BCUT2D eigenvalue weighted by atomic mass is 10.1. The second kappa shape index (κ2) is 14.6. The fourth-order valence-electron chi connectivity index (χ4n) is 4.12. The Balaban J connectivity index is 1.59. The zero-order valence-corrected chi connectivity index (χ0v) is 26.1. The molecule has 43 heavy (non-hydrogen) atoms. The summed E-state index contributed by atoms with van der Waals surface area (Å²) in [5, 5.41) is 11.9. The number of nitrogens with zero attached hydrogens (tertiary/aromatic N) is 3. The minimum atomic E-state index is -4.43. The molecule has 0 radical (unpaired) electrons. The van der Waals surface area contributed by atoms with Gasteiger partial charge in [-0.05, 0) is 68.8 Å². The first-order chi connectivity index (χ1) is 20.6. The monoisotopic (exact) mass is 678 g/mol. The molecule has 13 heteroatoms. The summed E-state index contributed by atoms with van der Waals surface area (Å²) in [6.45, 7) is 6.67. The van der Waals surface area contributed by atoms with E-state index in [-0.39, 0.29) is 12.3 Å². The number of carbonyl (C=O) groups is 1. The smallest absolute Gasteiger partial charge is 0.416 e. The number of thioether (sulfide) groups is 1. The maximum Gasteiger partial charge on any atom is 0.416 e. The summed E-state index contributed by atoms with van der Waals surface area (Å²) in [6, 6.07) is 15.8. The highest BCUT2D eigenvalue weighted by Gasteiger charge is 2.30. The Morgan fingerprint density at radius 1 is 0.930 bits per heavy atom. The molecule has 8 nitrogen and oxygen atoms in total. The Hall–Kier alpha value is -3.71. The number of rotatable bonds is 13. The average molecular weight is 680 g/mol. The Labute approximate surface area is 260 Å². The minimum absolute atomic E-state index is 0.0210. The van der Waals surface area contributed by atoms with Crippen LogP contribution in [0.4, 0.5) is 13.2 Å². The number of nitrogens with one attached hydrogen (secondary N) is 1. The van der Waals surface area contributed by atoms with E-state index in [4.69, 9.17) is 14.2 Å². The molecular formula is C30H30BrF3N4O4S. The first-order valence-electron chi connectivity index (χ1n) is 13.5. The van der Waals surface area contributed by atoms with E-state index in [9.17, 15) is 18.0 Å². The topological polar surface area (TPSA) is 87.5 Å². The fourth-order valence-corrected chi connectivity index (χ4v) is 5.30. The number of ether oxygens (including phenoxy) is 3. The maximum atomic E-state index is 13.3. The Morgan fingerprint density at radius 3 is 2.19 bits per heavy atom. The molecule has 0 saturated carbocycles. The van der Waals surface area contributed by atoms with Gasteiger partial charge in [0.05, 0.1) is 31.9 Å². The van der Waals surface area contributed by atoms with Crippen molar-refractivity contribution < 1.29 is 32.2 Å². The van der Waals surface area contributed by atoms with Crippen molar-refractivity contribution in [1.82, 2.24) is 20.1 Å². The van der Waals surface area contributed by atoms with Crippen LogP contribution >= 0.6 is 27.7 Å². The summed E-state index contributed by atoms with van der Waals surface area (Å²) in [4.78, 5) is 13.3. The highest BCUT2D eigenvalue weighted by atomic mass is 79.9. The number of halogens is 4. The average Bonchev–Trinajstić information content (AvgIpc) is 3.39. The van der Waals surface area contributed by atoms with Gasteiger partial charge in [0.25, 0.3) is 5.91 Å². The van der Waals surface area contributed by atoms with Crippen molar-refractivity contribution in [1.29, 1.82) is 0 Å². The zero-order valence-electron chi connectivity index (χ0n) is 23.7. The van der Waals surface area contributed by atoms with Crippen LogP contribution in [0.2, 0.25) is 0 Å². The molecule has 0 saturated heterocycles. The van der Waals surface area contributed by atoms with Crippen molar-refractivity contribution in [2.45, 2.75) is 44.4 Å². The van der Waals surface area contributed by atoms with Crippen LogP contribution in [0.5, 0.6) is 17.2 Å². The summed E-state index contributed by atoms with van der Waals surface area (Å²) < 4.78 is 59.4. The number of carbonyl (C=O) groups excluding carboxylic acids is 1. The van der Waals surface area contributed by atoms with Crippen LogP contribution in [-0.4, -0.2) is 40.5 Å². The van der Waals surface area contributed by atoms with Crippen molar-refractivity contribution in [2.75, 3.05) is 19.8 Å². The highest BCUT2D eigenvalue weighted by Crippen LogP contribution is 2.39. The van der Waals surface area contributed by atoms with Gasteiger partial charge in [0.2, 0.25) is 5.75 Å². The predicted molar refractivity (Wildman–Crippen MR) is 161 cm³/mol. The van der Waals surface area contributed by atoms with Crippen molar-refractivity contribution in [3.05, 3.63) is 87.7 Å². The van der Waals surface area contributed by atoms with Gasteiger partial charge in [-0.25, -0.2) is 0 Å². The number of alkyl halides is 3. The van der Waals surface area contributed by atoms with Gasteiger partial charge >= 0.3 is 6.18 Å². The minimum Gasteiger partial charge on any atom is -0.490 e. The lowest BCUT2D eigenvalue weighted by Gasteiger charge is -2.17. The van der Waals surface area contributed by atoms with Crippen LogP contribution in [0.25, 0.3) is 5.69 Å². The second-order valence-corrected chi connectivity index (χ2v) is 10.8. The van der Waals surface area contributed by atoms with E-state index in [0.29, 0.717) is 59.2 Å². The van der Waals surface area contributed by atoms with Crippen molar-refractivity contribution >= 4 is 33.6 Å². The number of hydrogen-bond donors (Lipinski definition) is 1. The van der Waals surface area contributed by atoms with Crippen molar-refractivity contribution in [2.24, 2.45) is 0 Å². The van der Waals surface area contributed by atoms with Crippen LogP contribution in [0.3, 0.4) is 0 Å². The molecule has 1 N–H and O–H groups in total. The zero-order chi connectivity index (χ0) is 31.0. The maximum absolute atomic E-state index is 13.3. The number of hydrogen-bond acceptors (Lipinski definition) is 7. The molecule has 0 spiro atoms. The lowest BCUT2D eigenvalue weighted by molar-refractivity contribution is -0.137. The van der Waals surface area contributed by atoms with E-state index in [1.807, 2.05) is 45.0 Å². The van der Waals surface area contributed by atoms with Gasteiger partial charge < -0.3 is 19.5 Å². The molecule has 0 bridgehead atoms. The standard InChI is InChI=1S/C30H30BrF3N4O4S/c1-4-40-24-15-20(16-25(41-5-2)27(24)42-6-3)28(39)35-17-26-36-37-29(38(26)23-12-10-22(31)11-13-23)43-18-19-8-7-9-21(14-19)30(32,33)34/h7-16H,4-6,17-18H2,1-3H3,(H,35,39). The summed E-state index contributed by atoms with van der Waals surface area (Å²) in [7, 11) is 0. The molecule has 4 rings (SSSR count). The number of benzene rings is 3. The molecule has 0 aliphatic carbocycles. The molecule has 228 valence electrons. The molecule has 4 aromatic rings. The van der Waals surface area contributed by atoms with Crippen molar-refractivity contribution in [3.8, 4) is 22.9 Å². The van der Waals surface area contributed by atoms with Crippen molar-refractivity contribution in [3.63, 3.8) is 0 Å². The van der Waals surface area contributed by atoms with E-state index in [0.717, 1.165) is 22.3 Å². The molecular weight excluding hydrogens is 649 g/mol. The molecule has 3 aromatic carbocycles. The Bertz CT molecular complexity index is 1520. The van der Waals surface area contributed by atoms with E-state index in [1.54, 1.807) is 22.8 Å². The quantitative estimate of drug-likeness (QED) is 0.147. The van der Waals surface area contributed by atoms with Gasteiger partial charge in [-0.1, -0.05) is 45.9 Å². The van der Waals surface area contributed by atoms with E-state index < -0.39 is 17.6 Å². The van der Waals surface area contributed by atoms with Crippen LogP contribution in [-0.2, 0) is 18.5 Å². The lowest BCUT2D eigenvalue weighted by Crippen LogP contribution is -2.25. The summed E-state index contributed by atoms with van der Waals surface area (Å²) in [5.41, 5.74) is 0.815. The molecule has 0 aliphatic rings. The van der Waals surface area contributed by atoms with Gasteiger partial charge in [-0.3, -0.25) is 9.36 Å². The number of aromatic nitrogens is 3. The predicted octanol–water partition coefficient (Wildman–Crippen LogP) is 7.47. The highest BCUT2D eigenvalue weighted by molar-refractivity contribution is 9.10. The largest absolute Gasteiger partial charge is 0.490 e. The van der Waals surface area contributed by atoms with Gasteiger partial charge in [-0.2, -0.15) is 13.2 Å². The summed E-state index contributed by atoms with van der Waals surface area (Å²) >= 11 is 4.67. The molecule has 0 fully saturated rings. The molecule has 0 atom stereocenters. The summed E-state index contributed by atoms with van der Waals surface area (Å²) in [5.74, 6) is 1.49. The molecule has 1 heterocycles. The third kappa shape index (κ3) is 8.23. The third-order valence-corrected chi connectivity index (χ3v) is 7.51. The second-order valence-electron chi connectivity index (χ2n) is 8.98. The molecule has 1 aromatic heterocycles. The van der Waals surface area contributed by atoms with Crippen LogP contribution in [0, 0.1) is 0 Å². The van der Waals surface area contributed by atoms with Gasteiger partial charge in [0.15, 0.2) is 22.5 Å². The summed E-state index contributed by atoms with van der Waals surface area (Å²) in [6.07, 6.45) is -4.43. The van der Waals surface area contributed by atoms with E-state index in [1.165, 1.54) is 17.8 Å². The molecule has 0 unspecified atom stereocenters. The van der Waals surface area contributed by atoms with Gasteiger partial charge in [-0.15, -0.1) is 10.2 Å². The Kier molecular flexibility index (Phi) is 11.0. The van der Waals surface area contributed by atoms with Crippen LogP contribution in [0.15, 0.2) is 70.3 Å². The van der Waals surface area contributed by atoms with E-state index in [2.05, 4.69) is 31.4 Å². The van der Waals surface area contributed by atoms with Crippen LogP contribution in [0.1, 0.15) is 48.1 Å². The SMILES string of the molecule is CCOc1cc(C(=O)NCc2nnc(SCc3cccc(C(F)(F)F)c3)n2-c2ccc(Br)cc2)cc(OCC)c1OCC. The first kappa shape index (κ1) is 32.2. The molecule has 1 amide bonds. The molecule has 0 aliphatic heterocycles. The van der Waals surface area contributed by atoms with Gasteiger partial charge in [0, 0.05) is 21.5 Å². The normalized spacial score (nSPS) is 11.3. The van der Waals surface area contributed by atoms with Gasteiger partial charge in [0.1, 0.15) is 0 Å². The van der Waals surface area contributed by atoms with Crippen LogP contribution < -0.4 is 19.5 Å². The third-order valence-electron chi connectivity index (χ3n) is 5.99. The number of amides is 1. The fraction of sp³-hybridized carbons (Fsp3) is 0.300. The Morgan fingerprint density at radius 2 is 1.58 bits per heavy atom. The van der Waals surface area contributed by atoms with E-state index >= 15 is 0 Å². The first-order valence-corrected chi connectivity index (χ1v) is 15.3.